The summed E-state index contributed by atoms with van der Waals surface area (Å²) in [5, 5.41) is 6.91. The molecule has 3 heterocycles. The second-order valence-electron chi connectivity index (χ2n) is 8.47. The van der Waals surface area contributed by atoms with Gasteiger partial charge in [-0.3, -0.25) is 4.79 Å². The summed E-state index contributed by atoms with van der Waals surface area (Å²) in [5.41, 5.74) is 1.50. The van der Waals surface area contributed by atoms with E-state index in [4.69, 9.17) is 19.2 Å². The topological polar surface area (TPSA) is 97.8 Å². The molecule has 2 aliphatic rings. The van der Waals surface area contributed by atoms with Crippen molar-refractivity contribution in [3.8, 4) is 17.4 Å². The van der Waals surface area contributed by atoms with Crippen molar-refractivity contribution in [1.29, 1.82) is 0 Å². The van der Waals surface area contributed by atoms with E-state index in [2.05, 4.69) is 27.1 Å². The predicted octanol–water partition coefficient (Wildman–Crippen LogP) is 3.51. The van der Waals surface area contributed by atoms with E-state index in [1.165, 1.54) is 0 Å². The molecule has 1 atom stereocenters. The summed E-state index contributed by atoms with van der Waals surface area (Å²) in [4.78, 5) is 23.8. The molecule has 0 spiro atoms. The summed E-state index contributed by atoms with van der Waals surface area (Å²) in [5.74, 6) is 2.39. The number of anilines is 2. The normalized spacial score (nSPS) is 17.8. The number of carbonyl (C=O) groups is 1. The van der Waals surface area contributed by atoms with Gasteiger partial charge in [0, 0.05) is 18.8 Å². The van der Waals surface area contributed by atoms with E-state index in [1.807, 2.05) is 42.5 Å². The van der Waals surface area contributed by atoms with Crippen molar-refractivity contribution in [3.63, 3.8) is 0 Å². The van der Waals surface area contributed by atoms with Crippen LogP contribution in [0.2, 0.25) is 0 Å². The number of hydrogen-bond acceptors (Lipinski definition) is 8. The highest BCUT2D eigenvalue weighted by atomic mass is 16.5. The van der Waals surface area contributed by atoms with Crippen LogP contribution >= 0.6 is 0 Å². The first-order valence-corrected chi connectivity index (χ1v) is 11.9. The van der Waals surface area contributed by atoms with Gasteiger partial charge in [-0.25, -0.2) is 4.98 Å². The summed E-state index contributed by atoms with van der Waals surface area (Å²) in [6, 6.07) is 12.9. The maximum Gasteiger partial charge on any atom is 0.241 e. The minimum absolute atomic E-state index is 0.00537. The van der Waals surface area contributed by atoms with E-state index >= 15 is 0 Å². The fourth-order valence-electron chi connectivity index (χ4n) is 4.16. The predicted molar refractivity (Wildman–Crippen MR) is 134 cm³/mol. The third-order valence-corrected chi connectivity index (χ3v) is 5.99. The zero-order chi connectivity index (χ0) is 24.0. The molecule has 5 rings (SSSR count). The molecule has 9 heteroatoms. The van der Waals surface area contributed by atoms with Crippen LogP contribution in [0.15, 0.2) is 55.1 Å². The molecule has 9 nitrogen and oxygen atoms in total. The monoisotopic (exact) mass is 475 g/mol. The molecule has 2 aliphatic heterocycles. The number of nitrogens with zero attached hydrogens (tertiary/aromatic N) is 3. The van der Waals surface area contributed by atoms with E-state index < -0.39 is 0 Å². The average molecular weight is 476 g/mol. The molecule has 2 fully saturated rings. The number of benzene rings is 2. The summed E-state index contributed by atoms with van der Waals surface area (Å²) in [7, 11) is 0. The lowest BCUT2D eigenvalue weighted by Crippen LogP contribution is -2.37. The number of hydrogen-bond donors (Lipinski definition) is 2. The van der Waals surface area contributed by atoms with Crippen molar-refractivity contribution in [2.24, 2.45) is 0 Å². The van der Waals surface area contributed by atoms with Crippen LogP contribution < -0.4 is 25.0 Å². The Balaban J connectivity index is 1.33. The number of morpholine rings is 1. The molecule has 0 unspecified atom stereocenters. The molecule has 1 aromatic heterocycles. The Hall–Kier alpha value is -3.69. The fraction of sp³-hybridized carbons (Fsp3) is 0.346. The number of ether oxygens (including phenoxy) is 3. The molecule has 0 aliphatic carbocycles. The van der Waals surface area contributed by atoms with Crippen LogP contribution in [0, 0.1) is 0 Å². The lowest BCUT2D eigenvalue weighted by molar-refractivity contribution is -0.117. The quantitative estimate of drug-likeness (QED) is 0.478. The smallest absolute Gasteiger partial charge is 0.241 e. The number of aromatic nitrogens is 2. The van der Waals surface area contributed by atoms with Crippen LogP contribution in [0.4, 0.5) is 11.6 Å². The van der Waals surface area contributed by atoms with Gasteiger partial charge < -0.3 is 29.7 Å². The number of fused-ring (bicyclic) bond motifs is 1. The molecule has 0 bridgehead atoms. The van der Waals surface area contributed by atoms with Gasteiger partial charge in [0.15, 0.2) is 0 Å². The largest absolute Gasteiger partial charge is 0.473 e. The zero-order valence-electron chi connectivity index (χ0n) is 19.5. The number of rotatable bonds is 8. The van der Waals surface area contributed by atoms with Gasteiger partial charge in [-0.1, -0.05) is 12.7 Å². The number of nitrogens with one attached hydrogen (secondary N) is 2. The van der Waals surface area contributed by atoms with Crippen molar-refractivity contribution in [2.45, 2.75) is 18.9 Å². The van der Waals surface area contributed by atoms with Crippen molar-refractivity contribution >= 4 is 28.4 Å². The van der Waals surface area contributed by atoms with Crippen LogP contribution in [0.25, 0.3) is 10.9 Å². The van der Waals surface area contributed by atoms with Gasteiger partial charge in [0.2, 0.25) is 17.7 Å². The zero-order valence-corrected chi connectivity index (χ0v) is 19.5. The van der Waals surface area contributed by atoms with Crippen LogP contribution in [-0.2, 0) is 9.53 Å². The molecular formula is C26H29N5O4. The van der Waals surface area contributed by atoms with E-state index in [-0.39, 0.29) is 11.9 Å². The second kappa shape index (κ2) is 10.7. The van der Waals surface area contributed by atoms with Gasteiger partial charge in [0.1, 0.15) is 18.1 Å². The summed E-state index contributed by atoms with van der Waals surface area (Å²) >= 11 is 0. The number of amides is 1. The minimum atomic E-state index is -0.119. The molecule has 0 radical (unpaired) electrons. The van der Waals surface area contributed by atoms with Crippen molar-refractivity contribution < 1.29 is 19.0 Å². The van der Waals surface area contributed by atoms with E-state index in [0.717, 1.165) is 49.1 Å². The molecule has 2 saturated heterocycles. The van der Waals surface area contributed by atoms with E-state index in [1.54, 1.807) is 6.08 Å². The summed E-state index contributed by atoms with van der Waals surface area (Å²) in [6.45, 7) is 7.74. The molecule has 2 N–H and O–H groups in total. The summed E-state index contributed by atoms with van der Waals surface area (Å²) < 4.78 is 17.4. The Bertz CT molecular complexity index is 1190. The molecular weight excluding hydrogens is 446 g/mol. The first kappa shape index (κ1) is 23.1. The van der Waals surface area contributed by atoms with E-state index in [9.17, 15) is 4.79 Å². The van der Waals surface area contributed by atoms with E-state index in [0.29, 0.717) is 43.1 Å². The highest BCUT2D eigenvalue weighted by molar-refractivity contribution is 5.95. The Labute approximate surface area is 204 Å². The molecule has 3 aromatic rings. The summed E-state index contributed by atoms with van der Waals surface area (Å²) in [6.07, 6.45) is 3.58. The minimum Gasteiger partial charge on any atom is -0.473 e. The fourth-order valence-corrected chi connectivity index (χ4v) is 4.16. The van der Waals surface area contributed by atoms with Crippen molar-refractivity contribution in [3.05, 3.63) is 55.1 Å². The lowest BCUT2D eigenvalue weighted by Gasteiger charge is -2.27. The third kappa shape index (κ3) is 5.52. The average Bonchev–Trinajstić information content (AvgIpc) is 3.44. The van der Waals surface area contributed by atoms with Crippen LogP contribution in [0.3, 0.4) is 0 Å². The molecule has 35 heavy (non-hydrogen) atoms. The Morgan fingerprint density at radius 1 is 1.17 bits per heavy atom. The van der Waals surface area contributed by atoms with Gasteiger partial charge in [0.05, 0.1) is 30.2 Å². The maximum atomic E-state index is 12.3. The van der Waals surface area contributed by atoms with Gasteiger partial charge in [0.25, 0.3) is 0 Å². The van der Waals surface area contributed by atoms with Gasteiger partial charge in [-0.15, -0.1) is 0 Å². The Kier molecular flexibility index (Phi) is 7.06. The Morgan fingerprint density at radius 2 is 1.97 bits per heavy atom. The van der Waals surface area contributed by atoms with Crippen LogP contribution in [0.5, 0.6) is 17.4 Å². The third-order valence-electron chi connectivity index (χ3n) is 5.99. The first-order chi connectivity index (χ1) is 17.2. The lowest BCUT2D eigenvalue weighted by atomic mass is 10.2. The first-order valence-electron chi connectivity index (χ1n) is 11.9. The van der Waals surface area contributed by atoms with Gasteiger partial charge in [-0.2, -0.15) is 4.98 Å². The van der Waals surface area contributed by atoms with Crippen LogP contribution in [0.1, 0.15) is 12.8 Å². The van der Waals surface area contributed by atoms with Crippen LogP contribution in [-0.4, -0.2) is 61.4 Å². The second-order valence-corrected chi connectivity index (χ2v) is 8.47. The van der Waals surface area contributed by atoms with Gasteiger partial charge in [-0.05, 0) is 61.9 Å². The SMILES string of the molecule is C=CCOc1nc(N2CCOCC2)nc2ccc(Oc3ccc(NC(=O)[C@@H]4CCCN4)cc3)cc12. The standard InChI is InChI=1S/C26H29N5O4/c1-2-14-34-25-21-17-20(9-10-22(21)29-26(30-25)31-12-15-33-16-13-31)35-19-7-5-18(6-8-19)28-24(32)23-4-3-11-27-23/h2,5-10,17,23,27H,1,3-4,11-16H2,(H,28,32)/t23-/m0/s1. The molecule has 182 valence electrons. The van der Waals surface area contributed by atoms with Gasteiger partial charge >= 0.3 is 0 Å². The highest BCUT2D eigenvalue weighted by Gasteiger charge is 2.22. The Morgan fingerprint density at radius 3 is 2.71 bits per heavy atom. The molecule has 0 saturated carbocycles. The molecule has 2 aromatic carbocycles. The molecule has 1 amide bonds. The van der Waals surface area contributed by atoms with Crippen molar-refractivity contribution in [1.82, 2.24) is 15.3 Å². The highest BCUT2D eigenvalue weighted by Crippen LogP contribution is 2.32. The maximum absolute atomic E-state index is 12.3. The number of carbonyl (C=O) groups excluding carboxylic acids is 1. The van der Waals surface area contributed by atoms with Crippen molar-refractivity contribution in [2.75, 3.05) is 49.7 Å².